The van der Waals surface area contributed by atoms with Crippen molar-refractivity contribution in [1.29, 1.82) is 0 Å². The molecule has 2 aliphatic heterocycles. The fourth-order valence-electron chi connectivity index (χ4n) is 2.97. The maximum absolute atomic E-state index is 12.4. The van der Waals surface area contributed by atoms with Crippen molar-refractivity contribution in [1.82, 2.24) is 4.90 Å². The summed E-state index contributed by atoms with van der Waals surface area (Å²) < 4.78 is 10.3. The summed E-state index contributed by atoms with van der Waals surface area (Å²) in [5, 5.41) is 0. The number of amides is 1. The van der Waals surface area contributed by atoms with Crippen molar-refractivity contribution in [3.05, 3.63) is 11.6 Å². The van der Waals surface area contributed by atoms with Gasteiger partial charge < -0.3 is 9.47 Å². The lowest BCUT2D eigenvalue weighted by Crippen LogP contribution is -2.45. The summed E-state index contributed by atoms with van der Waals surface area (Å²) in [6.07, 6.45) is 4.96. The monoisotopic (exact) mass is 281 g/mol. The van der Waals surface area contributed by atoms with Crippen molar-refractivity contribution >= 4 is 12.1 Å². The van der Waals surface area contributed by atoms with Crippen molar-refractivity contribution in [3.63, 3.8) is 0 Å². The number of ether oxygens (including phenoxy) is 2. The zero-order valence-corrected chi connectivity index (χ0v) is 12.6. The second kappa shape index (κ2) is 5.46. The molecule has 5 heteroatoms. The zero-order valence-electron chi connectivity index (χ0n) is 12.6. The summed E-state index contributed by atoms with van der Waals surface area (Å²) >= 11 is 0. The van der Waals surface area contributed by atoms with Crippen molar-refractivity contribution in [2.75, 3.05) is 7.11 Å². The van der Waals surface area contributed by atoms with Gasteiger partial charge in [0.2, 0.25) is 0 Å². The van der Waals surface area contributed by atoms with Crippen LogP contribution >= 0.6 is 0 Å². The van der Waals surface area contributed by atoms with Gasteiger partial charge in [0.1, 0.15) is 5.60 Å². The Kier molecular flexibility index (Phi) is 4.06. The molecule has 0 saturated carbocycles. The SMILES string of the molecule is COC(=O)C1=CCCC2CC[C@H]1N2C(=O)OC(C)(C)C. The fourth-order valence-corrected chi connectivity index (χ4v) is 2.97. The number of esters is 1. The van der Waals surface area contributed by atoms with Crippen LogP contribution in [-0.4, -0.2) is 41.8 Å². The number of rotatable bonds is 1. The lowest BCUT2D eigenvalue weighted by molar-refractivity contribution is -0.136. The van der Waals surface area contributed by atoms with Gasteiger partial charge in [-0.05, 0) is 46.5 Å². The minimum atomic E-state index is -0.530. The van der Waals surface area contributed by atoms with Gasteiger partial charge in [-0.3, -0.25) is 4.90 Å². The third kappa shape index (κ3) is 2.97. The Balaban J connectivity index is 2.23. The third-order valence-electron chi connectivity index (χ3n) is 3.75. The maximum atomic E-state index is 12.4. The summed E-state index contributed by atoms with van der Waals surface area (Å²) in [6.45, 7) is 5.55. The van der Waals surface area contributed by atoms with E-state index >= 15 is 0 Å². The molecule has 0 aliphatic carbocycles. The van der Waals surface area contributed by atoms with Gasteiger partial charge in [0.15, 0.2) is 0 Å². The number of fused-ring (bicyclic) bond motifs is 2. The molecule has 2 aliphatic rings. The van der Waals surface area contributed by atoms with Gasteiger partial charge in [0.05, 0.1) is 18.7 Å². The number of nitrogens with zero attached hydrogens (tertiary/aromatic N) is 1. The minimum Gasteiger partial charge on any atom is -0.466 e. The van der Waals surface area contributed by atoms with Crippen LogP contribution in [0.15, 0.2) is 11.6 Å². The van der Waals surface area contributed by atoms with Crippen LogP contribution in [-0.2, 0) is 14.3 Å². The van der Waals surface area contributed by atoms with E-state index in [0.717, 1.165) is 25.7 Å². The normalized spacial score (nSPS) is 25.8. The molecular weight excluding hydrogens is 258 g/mol. The van der Waals surface area contributed by atoms with E-state index in [-0.39, 0.29) is 24.1 Å². The topological polar surface area (TPSA) is 55.8 Å². The summed E-state index contributed by atoms with van der Waals surface area (Å²) in [5.41, 5.74) is 0.0659. The quantitative estimate of drug-likeness (QED) is 0.693. The molecule has 0 aromatic rings. The molecule has 112 valence electrons. The Morgan fingerprint density at radius 1 is 1.25 bits per heavy atom. The number of hydrogen-bond acceptors (Lipinski definition) is 4. The van der Waals surface area contributed by atoms with Crippen LogP contribution in [0.25, 0.3) is 0 Å². The maximum Gasteiger partial charge on any atom is 0.411 e. The Labute approximate surface area is 119 Å². The van der Waals surface area contributed by atoms with E-state index in [9.17, 15) is 9.59 Å². The van der Waals surface area contributed by atoms with Gasteiger partial charge in [-0.1, -0.05) is 6.08 Å². The predicted molar refractivity (Wildman–Crippen MR) is 74.2 cm³/mol. The zero-order chi connectivity index (χ0) is 14.9. The first-order chi connectivity index (χ1) is 9.33. The molecule has 2 atom stereocenters. The van der Waals surface area contributed by atoms with Gasteiger partial charge in [-0.15, -0.1) is 0 Å². The van der Waals surface area contributed by atoms with Gasteiger partial charge in [-0.2, -0.15) is 0 Å². The van der Waals surface area contributed by atoms with Gasteiger partial charge in [0.25, 0.3) is 0 Å². The summed E-state index contributed by atoms with van der Waals surface area (Å²) in [4.78, 5) is 26.0. The molecule has 2 rings (SSSR count). The standard InChI is InChI=1S/C15H23NO4/c1-15(2,3)20-14(18)16-10-6-5-7-11(13(17)19-4)12(16)9-8-10/h7,10,12H,5-6,8-9H2,1-4H3/t10?,12-/m1/s1. The Morgan fingerprint density at radius 2 is 1.95 bits per heavy atom. The first kappa shape index (κ1) is 14.9. The highest BCUT2D eigenvalue weighted by molar-refractivity contribution is 5.91. The number of methoxy groups -OCH3 is 1. The molecule has 0 aromatic carbocycles. The van der Waals surface area contributed by atoms with Crippen molar-refractivity contribution in [3.8, 4) is 0 Å². The molecular formula is C15H23NO4. The van der Waals surface area contributed by atoms with Crippen LogP contribution in [0.1, 0.15) is 46.5 Å². The number of carbonyl (C=O) groups excluding carboxylic acids is 2. The molecule has 0 aromatic heterocycles. The number of allylic oxidation sites excluding steroid dienone is 1. The average Bonchev–Trinajstić information content (AvgIpc) is 2.63. The number of carbonyl (C=O) groups is 2. The Bertz CT molecular complexity index is 436. The van der Waals surface area contributed by atoms with E-state index in [1.807, 2.05) is 26.8 Å². The van der Waals surface area contributed by atoms with Gasteiger partial charge >= 0.3 is 12.1 Å². The van der Waals surface area contributed by atoms with Crippen molar-refractivity contribution < 1.29 is 19.1 Å². The summed E-state index contributed by atoms with van der Waals surface area (Å²) in [7, 11) is 1.37. The highest BCUT2D eigenvalue weighted by atomic mass is 16.6. The van der Waals surface area contributed by atoms with E-state index in [1.165, 1.54) is 7.11 Å². The van der Waals surface area contributed by atoms with Crippen molar-refractivity contribution in [2.24, 2.45) is 0 Å². The molecule has 20 heavy (non-hydrogen) atoms. The van der Waals surface area contributed by atoms with E-state index < -0.39 is 5.60 Å². The lowest BCUT2D eigenvalue weighted by atomic mass is 10.00. The Hall–Kier alpha value is -1.52. The first-order valence-corrected chi connectivity index (χ1v) is 7.13. The Morgan fingerprint density at radius 3 is 2.55 bits per heavy atom. The van der Waals surface area contributed by atoms with Crippen LogP contribution in [0.2, 0.25) is 0 Å². The van der Waals surface area contributed by atoms with Crippen LogP contribution in [0.5, 0.6) is 0 Å². The smallest absolute Gasteiger partial charge is 0.411 e. The molecule has 1 unspecified atom stereocenters. The van der Waals surface area contributed by atoms with Crippen LogP contribution < -0.4 is 0 Å². The molecule has 1 saturated heterocycles. The molecule has 2 bridgehead atoms. The lowest BCUT2D eigenvalue weighted by Gasteiger charge is -2.31. The highest BCUT2D eigenvalue weighted by Crippen LogP contribution is 2.36. The van der Waals surface area contributed by atoms with E-state index in [0.29, 0.717) is 5.57 Å². The molecule has 2 heterocycles. The predicted octanol–water partition coefficient (Wildman–Crippen LogP) is 2.65. The van der Waals surface area contributed by atoms with E-state index in [4.69, 9.17) is 9.47 Å². The average molecular weight is 281 g/mol. The molecule has 0 spiro atoms. The van der Waals surface area contributed by atoms with E-state index in [2.05, 4.69) is 0 Å². The van der Waals surface area contributed by atoms with Crippen molar-refractivity contribution in [2.45, 2.75) is 64.1 Å². The minimum absolute atomic E-state index is 0.160. The summed E-state index contributed by atoms with van der Waals surface area (Å²) in [5.74, 6) is -0.342. The largest absolute Gasteiger partial charge is 0.466 e. The molecule has 5 nitrogen and oxygen atoms in total. The molecule has 1 fully saturated rings. The van der Waals surface area contributed by atoms with Gasteiger partial charge in [0, 0.05) is 6.04 Å². The van der Waals surface area contributed by atoms with Crippen LogP contribution in [0.3, 0.4) is 0 Å². The van der Waals surface area contributed by atoms with Gasteiger partial charge in [-0.25, -0.2) is 9.59 Å². The second-order valence-corrected chi connectivity index (χ2v) is 6.36. The second-order valence-electron chi connectivity index (χ2n) is 6.36. The molecule has 0 N–H and O–H groups in total. The number of hydrogen-bond donors (Lipinski definition) is 0. The first-order valence-electron chi connectivity index (χ1n) is 7.13. The highest BCUT2D eigenvalue weighted by Gasteiger charge is 2.43. The molecule has 0 radical (unpaired) electrons. The molecule has 1 amide bonds. The van der Waals surface area contributed by atoms with Crippen LogP contribution in [0, 0.1) is 0 Å². The van der Waals surface area contributed by atoms with E-state index in [1.54, 1.807) is 4.90 Å². The third-order valence-corrected chi connectivity index (χ3v) is 3.75. The summed E-state index contributed by atoms with van der Waals surface area (Å²) in [6, 6.07) is -0.0435. The van der Waals surface area contributed by atoms with Crippen LogP contribution in [0.4, 0.5) is 4.79 Å². The fraction of sp³-hybridized carbons (Fsp3) is 0.733.